The van der Waals surface area contributed by atoms with Crippen molar-refractivity contribution in [2.24, 2.45) is 0 Å². The third-order valence-electron chi connectivity index (χ3n) is 3.17. The van der Waals surface area contributed by atoms with Gasteiger partial charge in [-0.3, -0.25) is 14.9 Å². The number of hydrogen-bond acceptors (Lipinski definition) is 4. The number of rotatable bonds is 4. The van der Waals surface area contributed by atoms with Crippen LogP contribution in [0.2, 0.25) is 5.02 Å². The number of nitrogens with zero attached hydrogens (tertiary/aromatic N) is 1. The SMILES string of the molecule is O=C(NCC1CCCCO1)c1cc([N+](=O)[O-])ccc1Cl. The molecule has 1 fully saturated rings. The lowest BCUT2D eigenvalue weighted by Crippen LogP contribution is -2.35. The summed E-state index contributed by atoms with van der Waals surface area (Å²) in [4.78, 5) is 22.2. The van der Waals surface area contributed by atoms with Gasteiger partial charge in [-0.1, -0.05) is 11.6 Å². The van der Waals surface area contributed by atoms with Gasteiger partial charge < -0.3 is 10.1 Å². The van der Waals surface area contributed by atoms with Gasteiger partial charge in [0.15, 0.2) is 0 Å². The molecule has 6 nitrogen and oxygen atoms in total. The molecule has 2 rings (SSSR count). The van der Waals surface area contributed by atoms with Gasteiger partial charge in [-0.15, -0.1) is 0 Å². The Morgan fingerprint density at radius 1 is 1.50 bits per heavy atom. The van der Waals surface area contributed by atoms with E-state index in [2.05, 4.69) is 5.32 Å². The summed E-state index contributed by atoms with van der Waals surface area (Å²) in [6.45, 7) is 1.09. The smallest absolute Gasteiger partial charge is 0.270 e. The number of nitro benzene ring substituents is 1. The van der Waals surface area contributed by atoms with Crippen LogP contribution in [0.25, 0.3) is 0 Å². The van der Waals surface area contributed by atoms with Crippen molar-refractivity contribution >= 4 is 23.2 Å². The predicted octanol–water partition coefficient (Wildman–Crippen LogP) is 2.55. The summed E-state index contributed by atoms with van der Waals surface area (Å²) in [6, 6.07) is 3.80. The fraction of sp³-hybridized carbons (Fsp3) is 0.462. The summed E-state index contributed by atoms with van der Waals surface area (Å²) in [5, 5.41) is 13.6. The first-order chi connectivity index (χ1) is 9.58. The number of ether oxygens (including phenoxy) is 1. The molecule has 0 aliphatic carbocycles. The number of nitrogens with one attached hydrogen (secondary N) is 1. The van der Waals surface area contributed by atoms with Gasteiger partial charge in [0.2, 0.25) is 0 Å². The van der Waals surface area contributed by atoms with Crippen molar-refractivity contribution in [3.63, 3.8) is 0 Å². The minimum Gasteiger partial charge on any atom is -0.376 e. The molecule has 0 aromatic heterocycles. The highest BCUT2D eigenvalue weighted by atomic mass is 35.5. The summed E-state index contributed by atoms with van der Waals surface area (Å²) in [7, 11) is 0. The van der Waals surface area contributed by atoms with E-state index in [1.807, 2.05) is 0 Å². The first-order valence-corrected chi connectivity index (χ1v) is 6.79. The van der Waals surface area contributed by atoms with Crippen LogP contribution < -0.4 is 5.32 Å². The van der Waals surface area contributed by atoms with Crippen molar-refractivity contribution in [1.82, 2.24) is 5.32 Å². The molecule has 7 heteroatoms. The first kappa shape index (κ1) is 14.7. The van der Waals surface area contributed by atoms with E-state index in [0.717, 1.165) is 19.3 Å². The molecule has 0 saturated carbocycles. The van der Waals surface area contributed by atoms with Crippen LogP contribution >= 0.6 is 11.6 Å². The highest BCUT2D eigenvalue weighted by molar-refractivity contribution is 6.33. The van der Waals surface area contributed by atoms with Gasteiger partial charge in [-0.2, -0.15) is 0 Å². The zero-order chi connectivity index (χ0) is 14.5. The quantitative estimate of drug-likeness (QED) is 0.684. The van der Waals surface area contributed by atoms with Gasteiger partial charge in [0.1, 0.15) is 0 Å². The lowest BCUT2D eigenvalue weighted by Gasteiger charge is -2.22. The Morgan fingerprint density at radius 3 is 2.95 bits per heavy atom. The second kappa shape index (κ2) is 6.67. The molecule has 1 unspecified atom stereocenters. The third-order valence-corrected chi connectivity index (χ3v) is 3.50. The van der Waals surface area contributed by atoms with E-state index in [1.54, 1.807) is 0 Å². The van der Waals surface area contributed by atoms with E-state index in [0.29, 0.717) is 13.2 Å². The van der Waals surface area contributed by atoms with Crippen LogP contribution in [0, 0.1) is 10.1 Å². The molecule has 0 bridgehead atoms. The van der Waals surface area contributed by atoms with Gasteiger partial charge in [0.25, 0.3) is 11.6 Å². The van der Waals surface area contributed by atoms with Crippen LogP contribution in [0.4, 0.5) is 5.69 Å². The molecule has 1 aliphatic heterocycles. The lowest BCUT2D eigenvalue weighted by atomic mass is 10.1. The third kappa shape index (κ3) is 3.68. The minimum absolute atomic E-state index is 0.00479. The Bertz CT molecular complexity index is 515. The maximum Gasteiger partial charge on any atom is 0.270 e. The molecular formula is C13H15ClN2O4. The molecule has 1 aromatic rings. The van der Waals surface area contributed by atoms with Crippen molar-refractivity contribution < 1.29 is 14.5 Å². The molecule has 1 saturated heterocycles. The second-order valence-electron chi connectivity index (χ2n) is 4.62. The Labute approximate surface area is 121 Å². The fourth-order valence-corrected chi connectivity index (χ4v) is 2.27. The molecule has 1 amide bonds. The van der Waals surface area contributed by atoms with Crippen molar-refractivity contribution in [2.75, 3.05) is 13.2 Å². The van der Waals surface area contributed by atoms with Crippen LogP contribution in [0.15, 0.2) is 18.2 Å². The van der Waals surface area contributed by atoms with Crippen molar-refractivity contribution in [3.8, 4) is 0 Å². The number of benzene rings is 1. The lowest BCUT2D eigenvalue weighted by molar-refractivity contribution is -0.384. The normalized spacial score (nSPS) is 18.6. The maximum absolute atomic E-state index is 12.0. The Balaban J connectivity index is 2.00. The van der Waals surface area contributed by atoms with Crippen LogP contribution in [-0.4, -0.2) is 30.1 Å². The molecule has 1 atom stereocenters. The molecule has 20 heavy (non-hydrogen) atoms. The number of carbonyl (C=O) groups is 1. The van der Waals surface area contributed by atoms with Gasteiger partial charge in [0.05, 0.1) is 21.6 Å². The molecule has 1 heterocycles. The number of carbonyl (C=O) groups excluding carboxylic acids is 1. The maximum atomic E-state index is 12.0. The van der Waals surface area contributed by atoms with Gasteiger partial charge in [-0.25, -0.2) is 0 Å². The summed E-state index contributed by atoms with van der Waals surface area (Å²) >= 11 is 5.90. The van der Waals surface area contributed by atoms with Gasteiger partial charge in [-0.05, 0) is 25.3 Å². The largest absolute Gasteiger partial charge is 0.376 e. The standard InChI is InChI=1S/C13H15ClN2O4/c14-12-5-4-9(16(18)19)7-11(12)13(17)15-8-10-3-1-2-6-20-10/h4-5,7,10H,1-3,6,8H2,(H,15,17). The molecule has 1 aromatic carbocycles. The van der Waals surface area contributed by atoms with E-state index in [-0.39, 0.29) is 22.4 Å². The molecular weight excluding hydrogens is 284 g/mol. The topological polar surface area (TPSA) is 81.5 Å². The number of amides is 1. The average Bonchev–Trinajstić information content (AvgIpc) is 2.46. The number of hydrogen-bond donors (Lipinski definition) is 1. The van der Waals surface area contributed by atoms with Crippen LogP contribution in [0.3, 0.4) is 0 Å². The highest BCUT2D eigenvalue weighted by Gasteiger charge is 2.18. The fourth-order valence-electron chi connectivity index (χ4n) is 2.07. The van der Waals surface area contributed by atoms with E-state index in [1.165, 1.54) is 18.2 Å². The number of non-ortho nitro benzene ring substituents is 1. The summed E-state index contributed by atoms with van der Waals surface area (Å²) in [5.74, 6) is -0.423. The van der Waals surface area contributed by atoms with E-state index < -0.39 is 10.8 Å². The second-order valence-corrected chi connectivity index (χ2v) is 5.03. The van der Waals surface area contributed by atoms with Crippen LogP contribution in [-0.2, 0) is 4.74 Å². The summed E-state index contributed by atoms with van der Waals surface area (Å²) in [6.07, 6.45) is 3.03. The van der Waals surface area contributed by atoms with Crippen molar-refractivity contribution in [2.45, 2.75) is 25.4 Å². The number of nitro groups is 1. The van der Waals surface area contributed by atoms with Crippen molar-refractivity contribution in [1.29, 1.82) is 0 Å². The van der Waals surface area contributed by atoms with E-state index in [9.17, 15) is 14.9 Å². The molecule has 108 valence electrons. The highest BCUT2D eigenvalue weighted by Crippen LogP contribution is 2.22. The summed E-state index contributed by atoms with van der Waals surface area (Å²) < 4.78 is 5.50. The first-order valence-electron chi connectivity index (χ1n) is 6.41. The molecule has 0 spiro atoms. The molecule has 1 aliphatic rings. The Hall–Kier alpha value is -1.66. The minimum atomic E-state index is -0.558. The molecule has 0 radical (unpaired) electrons. The predicted molar refractivity (Wildman–Crippen MR) is 74.0 cm³/mol. The van der Waals surface area contributed by atoms with Crippen molar-refractivity contribution in [3.05, 3.63) is 38.9 Å². The Kier molecular flexibility index (Phi) is 4.92. The Morgan fingerprint density at radius 2 is 2.30 bits per heavy atom. The zero-order valence-electron chi connectivity index (χ0n) is 10.8. The van der Waals surface area contributed by atoms with Gasteiger partial charge >= 0.3 is 0 Å². The van der Waals surface area contributed by atoms with E-state index >= 15 is 0 Å². The molecule has 1 N–H and O–H groups in total. The van der Waals surface area contributed by atoms with Crippen LogP contribution in [0.5, 0.6) is 0 Å². The van der Waals surface area contributed by atoms with Crippen LogP contribution in [0.1, 0.15) is 29.6 Å². The van der Waals surface area contributed by atoms with E-state index in [4.69, 9.17) is 16.3 Å². The average molecular weight is 299 g/mol. The zero-order valence-corrected chi connectivity index (χ0v) is 11.6. The summed E-state index contributed by atoms with van der Waals surface area (Å²) in [5.41, 5.74) is -0.0508. The van der Waals surface area contributed by atoms with Gasteiger partial charge in [0, 0.05) is 25.3 Å². The number of halogens is 1. The monoisotopic (exact) mass is 298 g/mol.